The molecule has 1 aliphatic carbocycles. The van der Waals surface area contributed by atoms with Crippen LogP contribution in [0.4, 0.5) is 15.8 Å². The maximum atomic E-state index is 15.5. The number of halogens is 1. The van der Waals surface area contributed by atoms with Crippen LogP contribution in [-0.2, 0) is 0 Å². The van der Waals surface area contributed by atoms with Crippen LogP contribution >= 0.6 is 0 Å². The number of piperazine rings is 1. The summed E-state index contributed by atoms with van der Waals surface area (Å²) >= 11 is 0. The van der Waals surface area contributed by atoms with E-state index < -0.39 is 34.2 Å². The van der Waals surface area contributed by atoms with E-state index in [0.29, 0.717) is 15.9 Å². The molecular weight excluding hydrogens is 501 g/mol. The molecule has 2 fully saturated rings. The van der Waals surface area contributed by atoms with Crippen LogP contribution in [0.3, 0.4) is 0 Å². The van der Waals surface area contributed by atoms with Gasteiger partial charge in [0.15, 0.2) is 17.3 Å². The number of hydrogen-bond donors (Lipinski definition) is 3. The van der Waals surface area contributed by atoms with Gasteiger partial charge in [-0.25, -0.2) is 9.18 Å². The second-order valence-electron chi connectivity index (χ2n) is 9.26. The SMILES string of the molecule is CNc1cc(C(=O)N2CCN(c3c(F)cc4c(=O)c(C(=O)O)cn(C5CC5)c4c3OC)CC2)n(O)c(=O)c1. The van der Waals surface area contributed by atoms with E-state index in [-0.39, 0.29) is 54.7 Å². The summed E-state index contributed by atoms with van der Waals surface area (Å²) in [7, 11) is 2.94. The summed E-state index contributed by atoms with van der Waals surface area (Å²) in [5.74, 6) is -2.58. The number of pyridine rings is 2. The molecule has 13 heteroatoms. The molecule has 2 aliphatic rings. The van der Waals surface area contributed by atoms with Crippen LogP contribution in [-0.4, -0.2) is 76.7 Å². The van der Waals surface area contributed by atoms with Gasteiger partial charge in [-0.15, -0.1) is 4.73 Å². The number of ether oxygens (including phenoxy) is 1. The minimum atomic E-state index is -1.39. The van der Waals surface area contributed by atoms with Crippen molar-refractivity contribution in [3.63, 3.8) is 0 Å². The molecule has 1 aliphatic heterocycles. The highest BCUT2D eigenvalue weighted by atomic mass is 19.1. The molecule has 38 heavy (non-hydrogen) atoms. The number of carbonyl (C=O) groups is 2. The minimum Gasteiger partial charge on any atom is -0.492 e. The van der Waals surface area contributed by atoms with E-state index in [9.17, 15) is 29.5 Å². The van der Waals surface area contributed by atoms with Crippen LogP contribution in [0, 0.1) is 5.82 Å². The highest BCUT2D eigenvalue weighted by Gasteiger charge is 2.33. The van der Waals surface area contributed by atoms with Gasteiger partial charge in [0, 0.05) is 57.2 Å². The van der Waals surface area contributed by atoms with E-state index in [1.165, 1.54) is 24.3 Å². The van der Waals surface area contributed by atoms with Gasteiger partial charge in [-0.3, -0.25) is 14.4 Å². The van der Waals surface area contributed by atoms with Gasteiger partial charge in [0.05, 0.1) is 18.0 Å². The topological polar surface area (TPSA) is 146 Å². The summed E-state index contributed by atoms with van der Waals surface area (Å²) in [6.45, 7) is 0.717. The quantitative estimate of drug-likeness (QED) is 0.407. The average Bonchev–Trinajstić information content (AvgIpc) is 3.75. The van der Waals surface area contributed by atoms with Crippen molar-refractivity contribution in [3.05, 3.63) is 62.0 Å². The first-order valence-corrected chi connectivity index (χ1v) is 12.0. The van der Waals surface area contributed by atoms with Crippen molar-refractivity contribution >= 4 is 34.2 Å². The summed E-state index contributed by atoms with van der Waals surface area (Å²) in [6, 6.07) is 3.54. The number of nitrogens with zero attached hydrogens (tertiary/aromatic N) is 4. The van der Waals surface area contributed by atoms with E-state index in [4.69, 9.17) is 4.74 Å². The molecule has 12 nitrogen and oxygen atoms in total. The summed E-state index contributed by atoms with van der Waals surface area (Å²) in [5, 5.41) is 22.3. The Labute approximate surface area is 215 Å². The number of carboxylic acids is 1. The number of hydrogen-bond acceptors (Lipinski definition) is 8. The van der Waals surface area contributed by atoms with Gasteiger partial charge in [0.1, 0.15) is 11.3 Å². The van der Waals surface area contributed by atoms with Crippen LogP contribution in [0.25, 0.3) is 10.9 Å². The zero-order chi connectivity index (χ0) is 27.3. The third-order valence-corrected chi connectivity index (χ3v) is 6.97. The number of anilines is 2. The third-order valence-electron chi connectivity index (χ3n) is 6.97. The van der Waals surface area contributed by atoms with Gasteiger partial charge in [-0.1, -0.05) is 0 Å². The average molecular weight is 528 g/mol. The molecule has 1 aromatic carbocycles. The summed E-state index contributed by atoms with van der Waals surface area (Å²) < 4.78 is 23.1. The smallest absolute Gasteiger partial charge is 0.341 e. The Morgan fingerprint density at radius 1 is 1.11 bits per heavy atom. The highest BCUT2D eigenvalue weighted by Crippen LogP contribution is 2.43. The lowest BCUT2D eigenvalue weighted by molar-refractivity contribution is 0.0679. The Morgan fingerprint density at radius 2 is 1.79 bits per heavy atom. The van der Waals surface area contributed by atoms with E-state index in [1.54, 1.807) is 16.5 Å². The fourth-order valence-electron chi connectivity index (χ4n) is 4.88. The molecule has 3 aromatic rings. The molecule has 0 spiro atoms. The standard InChI is InChI=1S/C25H26FN5O7/c1-27-13-9-18(31(37)19(32)10-13)24(34)29-7-5-28(6-8-29)21-17(26)11-15-20(23(21)38-2)30(14-3-4-14)12-16(22(15)33)25(35)36/h9-12,14,27,37H,3-8H2,1-2H3,(H,35,36). The molecule has 5 rings (SSSR count). The number of methoxy groups -OCH3 is 1. The number of amides is 1. The number of aromatic nitrogens is 2. The number of benzene rings is 1. The molecule has 0 unspecified atom stereocenters. The lowest BCUT2D eigenvalue weighted by atomic mass is 10.1. The predicted molar refractivity (Wildman–Crippen MR) is 135 cm³/mol. The Bertz CT molecular complexity index is 1590. The second-order valence-corrected chi connectivity index (χ2v) is 9.26. The Morgan fingerprint density at radius 3 is 2.37 bits per heavy atom. The molecule has 0 bridgehead atoms. The number of aromatic carboxylic acids is 1. The second kappa shape index (κ2) is 9.39. The summed E-state index contributed by atoms with van der Waals surface area (Å²) in [4.78, 5) is 52.8. The van der Waals surface area contributed by atoms with Crippen molar-refractivity contribution in [2.24, 2.45) is 0 Å². The van der Waals surface area contributed by atoms with Crippen LogP contribution in [0.1, 0.15) is 39.7 Å². The van der Waals surface area contributed by atoms with Crippen molar-refractivity contribution in [3.8, 4) is 5.75 Å². The van der Waals surface area contributed by atoms with Gasteiger partial charge in [0.25, 0.3) is 11.5 Å². The first kappa shape index (κ1) is 25.1. The molecule has 0 radical (unpaired) electrons. The Balaban J connectivity index is 1.50. The minimum absolute atomic E-state index is 0.0256. The number of rotatable bonds is 6. The molecule has 1 saturated heterocycles. The van der Waals surface area contributed by atoms with Gasteiger partial charge in [-0.05, 0) is 25.0 Å². The monoisotopic (exact) mass is 527 g/mol. The molecule has 2 aromatic heterocycles. The first-order chi connectivity index (χ1) is 18.2. The molecule has 0 atom stereocenters. The molecular formula is C25H26FN5O7. The Kier molecular flexibility index (Phi) is 6.21. The fraction of sp³-hybridized carbons (Fsp3) is 0.360. The van der Waals surface area contributed by atoms with Crippen molar-refractivity contribution in [1.82, 2.24) is 14.2 Å². The van der Waals surface area contributed by atoms with Gasteiger partial charge >= 0.3 is 5.97 Å². The molecule has 1 amide bonds. The van der Waals surface area contributed by atoms with E-state index in [0.717, 1.165) is 25.0 Å². The van der Waals surface area contributed by atoms with Crippen LogP contribution in [0.5, 0.6) is 5.75 Å². The number of carboxylic acid groups (broad SMARTS) is 1. The van der Waals surface area contributed by atoms with Crippen molar-refractivity contribution in [2.45, 2.75) is 18.9 Å². The molecule has 3 N–H and O–H groups in total. The van der Waals surface area contributed by atoms with E-state index >= 15 is 4.39 Å². The van der Waals surface area contributed by atoms with E-state index in [1.807, 2.05) is 0 Å². The molecule has 200 valence electrons. The third kappa shape index (κ3) is 4.09. The zero-order valence-corrected chi connectivity index (χ0v) is 20.7. The molecule has 1 saturated carbocycles. The lowest BCUT2D eigenvalue weighted by Gasteiger charge is -2.37. The number of carbonyl (C=O) groups excluding carboxylic acids is 1. The van der Waals surface area contributed by atoms with Crippen LogP contribution in [0.15, 0.2) is 34.0 Å². The number of nitrogens with one attached hydrogen (secondary N) is 1. The van der Waals surface area contributed by atoms with E-state index in [2.05, 4.69) is 5.32 Å². The fourth-order valence-corrected chi connectivity index (χ4v) is 4.88. The Hall–Kier alpha value is -4.55. The van der Waals surface area contributed by atoms with Crippen molar-refractivity contribution in [1.29, 1.82) is 0 Å². The molecule has 3 heterocycles. The van der Waals surface area contributed by atoms with Crippen molar-refractivity contribution < 1.29 is 29.0 Å². The summed E-state index contributed by atoms with van der Waals surface area (Å²) in [6.07, 6.45) is 2.87. The van der Waals surface area contributed by atoms with Crippen LogP contribution in [0.2, 0.25) is 0 Å². The highest BCUT2D eigenvalue weighted by molar-refractivity contribution is 5.97. The predicted octanol–water partition coefficient (Wildman–Crippen LogP) is 1.59. The summed E-state index contributed by atoms with van der Waals surface area (Å²) in [5.41, 5.74) is -1.37. The van der Waals surface area contributed by atoms with Crippen LogP contribution < -0.4 is 25.9 Å². The van der Waals surface area contributed by atoms with Crippen molar-refractivity contribution in [2.75, 3.05) is 50.6 Å². The number of fused-ring (bicyclic) bond motifs is 1. The van der Waals surface area contributed by atoms with Gasteiger partial charge in [-0.2, -0.15) is 0 Å². The lowest BCUT2D eigenvalue weighted by Crippen LogP contribution is -2.50. The normalized spacial score (nSPS) is 15.6. The van der Waals surface area contributed by atoms with Gasteiger partial charge in [0.2, 0.25) is 5.43 Å². The first-order valence-electron chi connectivity index (χ1n) is 12.0. The zero-order valence-electron chi connectivity index (χ0n) is 20.7. The largest absolute Gasteiger partial charge is 0.492 e. The maximum Gasteiger partial charge on any atom is 0.341 e. The maximum absolute atomic E-state index is 15.5. The van der Waals surface area contributed by atoms with Gasteiger partial charge < -0.3 is 34.7 Å².